The minimum absolute atomic E-state index is 0.178. The molecule has 0 aliphatic carbocycles. The third kappa shape index (κ3) is 5.61. The van der Waals surface area contributed by atoms with E-state index in [9.17, 15) is 5.11 Å². The van der Waals surface area contributed by atoms with Gasteiger partial charge in [-0.05, 0) is 43.3 Å². The van der Waals surface area contributed by atoms with Crippen LogP contribution in [0.3, 0.4) is 0 Å². The van der Waals surface area contributed by atoms with Gasteiger partial charge in [-0.15, -0.1) is 0 Å². The number of aliphatic hydroxyl groups excluding tert-OH is 1. The van der Waals surface area contributed by atoms with Crippen molar-refractivity contribution in [3.63, 3.8) is 0 Å². The Morgan fingerprint density at radius 1 is 1.50 bits per heavy atom. The van der Waals surface area contributed by atoms with Gasteiger partial charge in [-0.1, -0.05) is 0 Å². The molecule has 0 saturated heterocycles. The Morgan fingerprint density at radius 3 is 2.81 bits per heavy atom. The molecule has 1 aromatic rings. The molecule has 0 fully saturated rings. The SMILES string of the molecule is CC(C)OCC(O)CN(C)Cc1ccsc1. The summed E-state index contributed by atoms with van der Waals surface area (Å²) in [6.07, 6.45) is -0.233. The van der Waals surface area contributed by atoms with Crippen LogP contribution >= 0.6 is 11.3 Å². The molecule has 0 amide bonds. The van der Waals surface area contributed by atoms with Crippen molar-refractivity contribution in [3.05, 3.63) is 22.4 Å². The first-order valence-corrected chi connectivity index (χ1v) is 6.51. The second-order valence-electron chi connectivity index (χ2n) is 4.36. The van der Waals surface area contributed by atoms with Crippen molar-refractivity contribution < 1.29 is 9.84 Å². The molecule has 3 nitrogen and oxygen atoms in total. The molecule has 1 unspecified atom stereocenters. The van der Waals surface area contributed by atoms with Gasteiger partial charge in [0.15, 0.2) is 0 Å². The quantitative estimate of drug-likeness (QED) is 0.794. The van der Waals surface area contributed by atoms with Crippen molar-refractivity contribution in [2.24, 2.45) is 0 Å². The van der Waals surface area contributed by atoms with E-state index in [0.29, 0.717) is 13.2 Å². The number of rotatable bonds is 7. The molecule has 1 aromatic heterocycles. The molecule has 1 N–H and O–H groups in total. The van der Waals surface area contributed by atoms with Crippen molar-refractivity contribution in [1.29, 1.82) is 0 Å². The number of nitrogens with zero attached hydrogens (tertiary/aromatic N) is 1. The lowest BCUT2D eigenvalue weighted by atomic mass is 10.3. The molecule has 4 heteroatoms. The standard InChI is InChI=1S/C12H21NO2S/c1-10(2)15-8-12(14)7-13(3)6-11-4-5-16-9-11/h4-5,9-10,12,14H,6-8H2,1-3H3. The molecule has 1 rings (SSSR count). The highest BCUT2D eigenvalue weighted by atomic mass is 32.1. The van der Waals surface area contributed by atoms with Gasteiger partial charge in [0.2, 0.25) is 0 Å². The van der Waals surface area contributed by atoms with Crippen LogP contribution in [-0.4, -0.2) is 42.4 Å². The predicted molar refractivity (Wildman–Crippen MR) is 67.7 cm³/mol. The zero-order valence-electron chi connectivity index (χ0n) is 10.2. The Morgan fingerprint density at radius 2 is 2.25 bits per heavy atom. The Bertz CT molecular complexity index is 275. The fourth-order valence-electron chi connectivity index (χ4n) is 1.47. The fourth-order valence-corrected chi connectivity index (χ4v) is 2.13. The number of ether oxygens (including phenoxy) is 1. The van der Waals surface area contributed by atoms with Crippen LogP contribution < -0.4 is 0 Å². The third-order valence-corrected chi connectivity index (χ3v) is 2.91. The Labute approximate surface area is 102 Å². The maximum Gasteiger partial charge on any atom is 0.0900 e. The first-order chi connectivity index (χ1) is 7.58. The van der Waals surface area contributed by atoms with E-state index in [1.165, 1.54) is 5.56 Å². The molecule has 16 heavy (non-hydrogen) atoms. The number of hydrogen-bond donors (Lipinski definition) is 1. The van der Waals surface area contributed by atoms with E-state index < -0.39 is 6.10 Å². The Hall–Kier alpha value is -0.420. The topological polar surface area (TPSA) is 32.7 Å². The van der Waals surface area contributed by atoms with Crippen LogP contribution in [0.2, 0.25) is 0 Å². The molecular formula is C12H21NO2S. The van der Waals surface area contributed by atoms with Crippen LogP contribution in [0.5, 0.6) is 0 Å². The number of aliphatic hydroxyl groups is 1. The molecular weight excluding hydrogens is 222 g/mol. The van der Waals surface area contributed by atoms with Crippen molar-refractivity contribution in [2.75, 3.05) is 20.2 Å². The average Bonchev–Trinajstić information content (AvgIpc) is 2.67. The molecule has 92 valence electrons. The van der Waals surface area contributed by atoms with E-state index in [1.807, 2.05) is 20.9 Å². The summed E-state index contributed by atoms with van der Waals surface area (Å²) >= 11 is 1.70. The molecule has 0 bridgehead atoms. The van der Waals surface area contributed by atoms with Crippen molar-refractivity contribution >= 4 is 11.3 Å². The summed E-state index contributed by atoms with van der Waals surface area (Å²) in [5.74, 6) is 0. The van der Waals surface area contributed by atoms with Crippen molar-refractivity contribution in [3.8, 4) is 0 Å². The largest absolute Gasteiger partial charge is 0.389 e. The van der Waals surface area contributed by atoms with Gasteiger partial charge in [0.05, 0.1) is 18.8 Å². The number of hydrogen-bond acceptors (Lipinski definition) is 4. The van der Waals surface area contributed by atoms with Crippen LogP contribution in [0.15, 0.2) is 16.8 Å². The molecule has 1 atom stereocenters. The smallest absolute Gasteiger partial charge is 0.0900 e. The summed E-state index contributed by atoms with van der Waals surface area (Å²) in [5.41, 5.74) is 1.30. The summed E-state index contributed by atoms with van der Waals surface area (Å²) in [4.78, 5) is 2.11. The van der Waals surface area contributed by atoms with Gasteiger partial charge < -0.3 is 9.84 Å². The monoisotopic (exact) mass is 243 g/mol. The molecule has 0 spiro atoms. The van der Waals surface area contributed by atoms with E-state index in [-0.39, 0.29) is 6.10 Å². The first kappa shape index (κ1) is 13.6. The van der Waals surface area contributed by atoms with Crippen LogP contribution in [-0.2, 0) is 11.3 Å². The maximum atomic E-state index is 9.73. The van der Waals surface area contributed by atoms with Crippen molar-refractivity contribution in [2.45, 2.75) is 32.6 Å². The molecule has 1 heterocycles. The zero-order valence-corrected chi connectivity index (χ0v) is 11.0. The highest BCUT2D eigenvalue weighted by Gasteiger charge is 2.09. The van der Waals surface area contributed by atoms with Crippen LogP contribution in [0.4, 0.5) is 0 Å². The van der Waals surface area contributed by atoms with Crippen LogP contribution in [0, 0.1) is 0 Å². The van der Waals surface area contributed by atoms with Gasteiger partial charge in [0.1, 0.15) is 0 Å². The zero-order chi connectivity index (χ0) is 12.0. The lowest BCUT2D eigenvalue weighted by Gasteiger charge is -2.20. The van der Waals surface area contributed by atoms with E-state index in [1.54, 1.807) is 11.3 Å². The summed E-state index contributed by atoms with van der Waals surface area (Å²) in [7, 11) is 2.01. The summed E-state index contributed by atoms with van der Waals surface area (Å²) < 4.78 is 5.37. The van der Waals surface area contributed by atoms with E-state index in [2.05, 4.69) is 21.7 Å². The molecule has 0 saturated carbocycles. The predicted octanol–water partition coefficient (Wildman–Crippen LogP) is 1.97. The average molecular weight is 243 g/mol. The highest BCUT2D eigenvalue weighted by molar-refractivity contribution is 7.07. The Balaban J connectivity index is 2.20. The van der Waals surface area contributed by atoms with Gasteiger partial charge in [-0.2, -0.15) is 11.3 Å². The molecule has 0 radical (unpaired) electrons. The summed E-state index contributed by atoms with van der Waals surface area (Å²) in [6.45, 7) is 5.88. The van der Waals surface area contributed by atoms with Gasteiger partial charge in [-0.25, -0.2) is 0 Å². The van der Waals surface area contributed by atoms with Gasteiger partial charge in [0, 0.05) is 13.1 Å². The summed E-state index contributed by atoms with van der Waals surface area (Å²) in [6, 6.07) is 2.11. The van der Waals surface area contributed by atoms with Gasteiger partial charge in [-0.3, -0.25) is 4.90 Å². The van der Waals surface area contributed by atoms with E-state index >= 15 is 0 Å². The van der Waals surface area contributed by atoms with E-state index in [0.717, 1.165) is 6.54 Å². The normalized spacial score (nSPS) is 13.6. The summed E-state index contributed by atoms with van der Waals surface area (Å²) in [5, 5.41) is 13.9. The number of likely N-dealkylation sites (N-methyl/N-ethyl adjacent to an activating group) is 1. The minimum atomic E-state index is -0.411. The lowest BCUT2D eigenvalue weighted by molar-refractivity contribution is -0.00633. The van der Waals surface area contributed by atoms with E-state index in [4.69, 9.17) is 4.74 Å². The lowest BCUT2D eigenvalue weighted by Crippen LogP contribution is -2.32. The number of thiophene rings is 1. The first-order valence-electron chi connectivity index (χ1n) is 5.57. The molecule has 0 aromatic carbocycles. The molecule has 0 aliphatic rings. The van der Waals surface area contributed by atoms with Crippen LogP contribution in [0.25, 0.3) is 0 Å². The third-order valence-electron chi connectivity index (χ3n) is 2.18. The Kier molecular flexibility index (Phi) is 5.98. The molecule has 0 aliphatic heterocycles. The second kappa shape index (κ2) is 7.01. The van der Waals surface area contributed by atoms with Gasteiger partial charge >= 0.3 is 0 Å². The fraction of sp³-hybridized carbons (Fsp3) is 0.667. The van der Waals surface area contributed by atoms with Gasteiger partial charge in [0.25, 0.3) is 0 Å². The second-order valence-corrected chi connectivity index (χ2v) is 5.14. The van der Waals surface area contributed by atoms with Crippen molar-refractivity contribution in [1.82, 2.24) is 4.90 Å². The highest BCUT2D eigenvalue weighted by Crippen LogP contribution is 2.08. The maximum absolute atomic E-state index is 9.73. The van der Waals surface area contributed by atoms with Crippen LogP contribution in [0.1, 0.15) is 19.4 Å². The minimum Gasteiger partial charge on any atom is -0.389 e.